The molecule has 2 saturated carbocycles. The average molecular weight is 455 g/mol. The zero-order valence-corrected chi connectivity index (χ0v) is 20.7. The van der Waals surface area contributed by atoms with Crippen LogP contribution in [0.3, 0.4) is 0 Å². The smallest absolute Gasteiger partial charge is 0.219 e. The third kappa shape index (κ3) is 4.24. The Kier molecular flexibility index (Phi) is 6.32. The summed E-state index contributed by atoms with van der Waals surface area (Å²) < 4.78 is 0. The average Bonchev–Trinajstić information content (AvgIpc) is 3.62. The van der Waals surface area contributed by atoms with Gasteiger partial charge in [-0.3, -0.25) is 19.5 Å². The summed E-state index contributed by atoms with van der Waals surface area (Å²) in [5, 5.41) is 11.6. The molecule has 0 bridgehead atoms. The molecule has 1 aromatic rings. The second kappa shape index (κ2) is 8.95. The van der Waals surface area contributed by atoms with E-state index in [0.717, 1.165) is 70.6 Å². The summed E-state index contributed by atoms with van der Waals surface area (Å²) in [6, 6.07) is 11.4. The van der Waals surface area contributed by atoms with E-state index in [0.29, 0.717) is 6.04 Å². The van der Waals surface area contributed by atoms with Crippen LogP contribution in [0, 0.1) is 5.92 Å². The molecule has 2 saturated heterocycles. The maximum absolute atomic E-state index is 11.8. The molecule has 1 spiro atoms. The highest BCUT2D eigenvalue weighted by Crippen LogP contribution is 2.51. The van der Waals surface area contributed by atoms with Crippen LogP contribution in [0.1, 0.15) is 63.9 Å². The summed E-state index contributed by atoms with van der Waals surface area (Å²) in [7, 11) is 4.46. The van der Waals surface area contributed by atoms with Gasteiger partial charge >= 0.3 is 0 Å². The minimum absolute atomic E-state index is 0.0635. The van der Waals surface area contributed by atoms with Crippen molar-refractivity contribution in [1.29, 1.82) is 0 Å². The number of amides is 1. The van der Waals surface area contributed by atoms with E-state index in [-0.39, 0.29) is 17.0 Å². The first-order valence-corrected chi connectivity index (χ1v) is 13.0. The number of carbonyl (C=O) groups is 1. The molecule has 6 nitrogen and oxygen atoms in total. The van der Waals surface area contributed by atoms with Crippen molar-refractivity contribution in [1.82, 2.24) is 19.6 Å². The van der Waals surface area contributed by atoms with Crippen LogP contribution in [0.5, 0.6) is 0 Å². The summed E-state index contributed by atoms with van der Waals surface area (Å²) in [6.45, 7) is 5.30. The summed E-state index contributed by atoms with van der Waals surface area (Å²) >= 11 is 0. The largest absolute Gasteiger partial charge is 0.365 e. The Morgan fingerprint density at radius 2 is 1.67 bits per heavy atom. The van der Waals surface area contributed by atoms with E-state index in [1.54, 1.807) is 6.92 Å². The lowest BCUT2D eigenvalue weighted by molar-refractivity contribution is -0.132. The van der Waals surface area contributed by atoms with Crippen LogP contribution in [0.2, 0.25) is 0 Å². The second-order valence-corrected chi connectivity index (χ2v) is 11.4. The van der Waals surface area contributed by atoms with Gasteiger partial charge < -0.3 is 10.0 Å². The fourth-order valence-electron chi connectivity index (χ4n) is 6.95. The Morgan fingerprint density at radius 3 is 2.21 bits per heavy atom. The van der Waals surface area contributed by atoms with E-state index >= 15 is 0 Å². The molecule has 1 aromatic carbocycles. The maximum atomic E-state index is 11.8. The van der Waals surface area contributed by atoms with Crippen LogP contribution in [0.15, 0.2) is 30.3 Å². The highest BCUT2D eigenvalue weighted by Gasteiger charge is 2.56. The van der Waals surface area contributed by atoms with Gasteiger partial charge in [0.1, 0.15) is 0 Å². The van der Waals surface area contributed by atoms with Crippen molar-refractivity contribution in [2.45, 2.75) is 81.8 Å². The molecular formula is C27H42N4O2. The second-order valence-electron chi connectivity index (χ2n) is 11.4. The van der Waals surface area contributed by atoms with Gasteiger partial charge in [-0.1, -0.05) is 30.3 Å². The fraction of sp³-hybridized carbons (Fsp3) is 0.741. The van der Waals surface area contributed by atoms with Crippen LogP contribution in [-0.2, 0) is 10.3 Å². The maximum Gasteiger partial charge on any atom is 0.219 e. The summed E-state index contributed by atoms with van der Waals surface area (Å²) in [6.07, 6.45) is 8.54. The van der Waals surface area contributed by atoms with Crippen molar-refractivity contribution in [3.8, 4) is 0 Å². The molecular weight excluding hydrogens is 412 g/mol. The Balaban J connectivity index is 1.35. The van der Waals surface area contributed by atoms with Crippen molar-refractivity contribution < 1.29 is 9.90 Å². The SMILES string of the molecule is CC(=O)N1CCC(N2C[C@]3(CC[C@](c4ccccc4)(N(C)C)CC3)N(CC3CC3)C2O)CC1. The van der Waals surface area contributed by atoms with Gasteiger partial charge in [-0.25, -0.2) is 0 Å². The van der Waals surface area contributed by atoms with Crippen LogP contribution >= 0.6 is 0 Å². The number of hydrogen-bond donors (Lipinski definition) is 1. The molecule has 1 atom stereocenters. The molecule has 182 valence electrons. The molecule has 5 rings (SSSR count). The Bertz CT molecular complexity index is 824. The van der Waals surface area contributed by atoms with E-state index in [9.17, 15) is 9.90 Å². The molecule has 0 radical (unpaired) electrons. The number of nitrogens with zero attached hydrogens (tertiary/aromatic N) is 4. The van der Waals surface area contributed by atoms with E-state index in [1.807, 2.05) is 4.90 Å². The third-order valence-corrected chi connectivity index (χ3v) is 9.37. The number of aliphatic hydroxyl groups excluding tert-OH is 1. The lowest BCUT2D eigenvalue weighted by Crippen LogP contribution is -2.56. The van der Waals surface area contributed by atoms with Gasteiger partial charge in [-0.15, -0.1) is 0 Å². The molecule has 1 unspecified atom stereocenters. The molecule has 2 heterocycles. The molecule has 1 amide bonds. The number of carbonyl (C=O) groups excluding carboxylic acids is 1. The first kappa shape index (κ1) is 23.3. The Morgan fingerprint density at radius 1 is 1.03 bits per heavy atom. The monoisotopic (exact) mass is 454 g/mol. The normalized spacial score (nSPS) is 34.5. The minimum atomic E-state index is -0.483. The van der Waals surface area contributed by atoms with E-state index in [2.05, 4.69) is 59.1 Å². The third-order valence-electron chi connectivity index (χ3n) is 9.37. The lowest BCUT2D eigenvalue weighted by atomic mass is 9.68. The van der Waals surface area contributed by atoms with Gasteiger partial charge in [0.2, 0.25) is 5.91 Å². The predicted octanol–water partition coefficient (Wildman–Crippen LogP) is 3.07. The molecule has 4 fully saturated rings. The topological polar surface area (TPSA) is 50.3 Å². The minimum Gasteiger partial charge on any atom is -0.365 e. The van der Waals surface area contributed by atoms with Crippen molar-refractivity contribution >= 4 is 5.91 Å². The summed E-state index contributed by atoms with van der Waals surface area (Å²) in [5.74, 6) is 0.932. The molecule has 1 N–H and O–H groups in total. The number of rotatable bonds is 5. The number of piperidine rings is 1. The van der Waals surface area contributed by atoms with Gasteiger partial charge in [-0.05, 0) is 76.9 Å². The zero-order valence-electron chi connectivity index (χ0n) is 20.7. The molecule has 2 aliphatic heterocycles. The van der Waals surface area contributed by atoms with E-state index in [4.69, 9.17) is 0 Å². The van der Waals surface area contributed by atoms with Crippen LogP contribution in [0.25, 0.3) is 0 Å². The number of benzene rings is 1. The number of hydrogen-bond acceptors (Lipinski definition) is 5. The molecule has 2 aliphatic carbocycles. The standard InChI is InChI=1S/C27H42N4O2/c1-21(32)29-17-11-24(12-18-29)30-20-26(31(25(30)33)19-22-9-10-22)13-15-27(16-14-26,28(2)3)23-7-5-4-6-8-23/h4-8,22,24-25,33H,9-20H2,1-3H3/t25?,26-,27+. The van der Waals surface area contributed by atoms with Gasteiger partial charge in [-0.2, -0.15) is 0 Å². The van der Waals surface area contributed by atoms with Gasteiger partial charge in [0.15, 0.2) is 6.35 Å². The van der Waals surface area contributed by atoms with Gasteiger partial charge in [0, 0.05) is 50.2 Å². The highest BCUT2D eigenvalue weighted by molar-refractivity contribution is 5.73. The molecule has 6 heteroatoms. The number of likely N-dealkylation sites (tertiary alicyclic amines) is 1. The summed E-state index contributed by atoms with van der Waals surface area (Å²) in [5.41, 5.74) is 1.56. The molecule has 4 aliphatic rings. The van der Waals surface area contributed by atoms with Crippen LogP contribution < -0.4 is 0 Å². The van der Waals surface area contributed by atoms with Crippen LogP contribution in [-0.4, -0.2) is 88.8 Å². The van der Waals surface area contributed by atoms with Gasteiger partial charge in [0.05, 0.1) is 0 Å². The predicted molar refractivity (Wildman–Crippen MR) is 130 cm³/mol. The first-order chi connectivity index (χ1) is 15.8. The fourth-order valence-corrected chi connectivity index (χ4v) is 6.95. The quantitative estimate of drug-likeness (QED) is 0.741. The highest BCUT2D eigenvalue weighted by atomic mass is 16.3. The van der Waals surface area contributed by atoms with Crippen molar-refractivity contribution in [3.05, 3.63) is 35.9 Å². The Labute approximate surface area is 199 Å². The lowest BCUT2D eigenvalue weighted by Gasteiger charge is -2.51. The Hall–Kier alpha value is -1.47. The van der Waals surface area contributed by atoms with E-state index < -0.39 is 6.35 Å². The summed E-state index contributed by atoms with van der Waals surface area (Å²) in [4.78, 5) is 21.1. The van der Waals surface area contributed by atoms with Crippen molar-refractivity contribution in [2.75, 3.05) is 40.3 Å². The van der Waals surface area contributed by atoms with E-state index in [1.165, 1.54) is 18.4 Å². The van der Waals surface area contributed by atoms with Crippen LogP contribution in [0.4, 0.5) is 0 Å². The first-order valence-electron chi connectivity index (χ1n) is 13.0. The van der Waals surface area contributed by atoms with Crippen molar-refractivity contribution in [2.24, 2.45) is 5.92 Å². The zero-order chi connectivity index (χ0) is 23.2. The molecule has 33 heavy (non-hydrogen) atoms. The number of aliphatic hydroxyl groups is 1. The molecule has 0 aromatic heterocycles. The van der Waals surface area contributed by atoms with Gasteiger partial charge in [0.25, 0.3) is 0 Å². The van der Waals surface area contributed by atoms with Crippen molar-refractivity contribution in [3.63, 3.8) is 0 Å².